The summed E-state index contributed by atoms with van der Waals surface area (Å²) in [5.74, 6) is 3.75. The Balaban J connectivity index is 2.42. The molecule has 0 aromatic rings. The molecule has 1 rings (SSSR count). The molecular weight excluding hydrogens is 194 g/mol. The largest absolute Gasteiger partial charge is 0.481 e. The molecular formula is C11H15NO3. The van der Waals surface area contributed by atoms with Crippen LogP contribution in [-0.4, -0.2) is 23.5 Å². The van der Waals surface area contributed by atoms with Crippen molar-refractivity contribution < 1.29 is 14.7 Å². The van der Waals surface area contributed by atoms with Gasteiger partial charge < -0.3 is 10.4 Å². The van der Waals surface area contributed by atoms with E-state index in [0.29, 0.717) is 6.54 Å². The highest BCUT2D eigenvalue weighted by molar-refractivity contribution is 5.93. The number of hydrogen-bond donors (Lipinski definition) is 2. The van der Waals surface area contributed by atoms with E-state index in [1.807, 2.05) is 0 Å². The summed E-state index contributed by atoms with van der Waals surface area (Å²) in [5.41, 5.74) is -0.225. The zero-order chi connectivity index (χ0) is 11.3. The monoisotopic (exact) mass is 209 g/mol. The van der Waals surface area contributed by atoms with Crippen LogP contribution in [0.5, 0.6) is 0 Å². The molecule has 2 N–H and O–H groups in total. The number of carbonyl (C=O) groups is 2. The summed E-state index contributed by atoms with van der Waals surface area (Å²) in [5, 5.41) is 11.4. The highest BCUT2D eigenvalue weighted by atomic mass is 16.4. The molecule has 0 bridgehead atoms. The number of carbonyl (C=O) groups excluding carboxylic acids is 1. The van der Waals surface area contributed by atoms with Crippen LogP contribution in [0.1, 0.15) is 32.6 Å². The zero-order valence-electron chi connectivity index (χ0n) is 8.80. The number of rotatable bonds is 4. The molecule has 0 saturated heterocycles. The van der Waals surface area contributed by atoms with Crippen molar-refractivity contribution in [3.05, 3.63) is 0 Å². The summed E-state index contributed by atoms with van der Waals surface area (Å²) in [6.45, 7) is 2.02. The molecule has 1 aliphatic rings. The van der Waals surface area contributed by atoms with E-state index in [1.54, 1.807) is 6.92 Å². The van der Waals surface area contributed by atoms with Crippen LogP contribution in [0.2, 0.25) is 0 Å². The lowest BCUT2D eigenvalue weighted by Gasteiger charge is -2.40. The van der Waals surface area contributed by atoms with Gasteiger partial charge in [0.2, 0.25) is 0 Å². The van der Waals surface area contributed by atoms with Gasteiger partial charge in [0.15, 0.2) is 0 Å². The van der Waals surface area contributed by atoms with Gasteiger partial charge >= 0.3 is 5.97 Å². The van der Waals surface area contributed by atoms with E-state index in [2.05, 4.69) is 17.2 Å². The van der Waals surface area contributed by atoms with E-state index in [-0.39, 0.29) is 17.7 Å². The Labute approximate surface area is 89.0 Å². The minimum atomic E-state index is -0.800. The van der Waals surface area contributed by atoms with Gasteiger partial charge in [-0.25, -0.2) is 0 Å². The van der Waals surface area contributed by atoms with Crippen LogP contribution in [-0.2, 0) is 9.59 Å². The fourth-order valence-electron chi connectivity index (χ4n) is 1.84. The number of hydrogen-bond acceptors (Lipinski definition) is 2. The molecule has 1 aliphatic carbocycles. The van der Waals surface area contributed by atoms with E-state index in [1.165, 1.54) is 0 Å². The highest BCUT2D eigenvalue weighted by Gasteiger charge is 2.39. The first-order valence-electron chi connectivity index (χ1n) is 5.00. The Bertz CT molecular complexity index is 320. The quantitative estimate of drug-likeness (QED) is 0.672. The van der Waals surface area contributed by atoms with E-state index in [0.717, 1.165) is 19.3 Å². The number of amides is 1. The second-order valence-corrected chi connectivity index (χ2v) is 3.98. The third kappa shape index (κ3) is 3.28. The minimum Gasteiger partial charge on any atom is -0.481 e. The van der Waals surface area contributed by atoms with Crippen LogP contribution in [0.4, 0.5) is 0 Å². The minimum absolute atomic E-state index is 0.132. The van der Waals surface area contributed by atoms with Crippen molar-refractivity contribution in [3.8, 4) is 11.8 Å². The molecule has 0 unspecified atom stereocenters. The van der Waals surface area contributed by atoms with Gasteiger partial charge in [-0.1, -0.05) is 12.3 Å². The maximum absolute atomic E-state index is 11.1. The first-order valence-corrected chi connectivity index (χ1v) is 5.00. The normalized spacial score (nSPS) is 16.9. The predicted molar refractivity (Wildman–Crippen MR) is 55.0 cm³/mol. The van der Waals surface area contributed by atoms with E-state index in [9.17, 15) is 9.59 Å². The van der Waals surface area contributed by atoms with Crippen LogP contribution >= 0.6 is 0 Å². The SMILES string of the molecule is CC#CC(=O)NCC1(CC(=O)O)CCC1. The van der Waals surface area contributed by atoms with Crippen molar-refractivity contribution in [1.82, 2.24) is 5.32 Å². The topological polar surface area (TPSA) is 66.4 Å². The summed E-state index contributed by atoms with van der Waals surface area (Å²) in [4.78, 5) is 21.7. The number of nitrogens with one attached hydrogen (secondary N) is 1. The van der Waals surface area contributed by atoms with Crippen LogP contribution in [0.15, 0.2) is 0 Å². The van der Waals surface area contributed by atoms with Crippen molar-refractivity contribution in [2.24, 2.45) is 5.41 Å². The number of aliphatic carboxylic acids is 1. The Morgan fingerprint density at radius 3 is 2.53 bits per heavy atom. The third-order valence-corrected chi connectivity index (χ3v) is 2.80. The maximum atomic E-state index is 11.1. The van der Waals surface area contributed by atoms with Gasteiger partial charge in [-0.15, -0.1) is 0 Å². The van der Waals surface area contributed by atoms with Gasteiger partial charge in [0, 0.05) is 6.54 Å². The molecule has 0 aliphatic heterocycles. The third-order valence-electron chi connectivity index (χ3n) is 2.80. The first-order chi connectivity index (χ1) is 7.08. The standard InChI is InChI=1S/C11H15NO3/c1-2-4-9(13)12-8-11(5-3-6-11)7-10(14)15/h3,5-8H2,1H3,(H,12,13)(H,14,15). The summed E-state index contributed by atoms with van der Waals surface area (Å²) in [6, 6.07) is 0. The number of carboxylic acid groups (broad SMARTS) is 1. The fourth-order valence-corrected chi connectivity index (χ4v) is 1.84. The molecule has 4 heteroatoms. The molecule has 0 aromatic carbocycles. The maximum Gasteiger partial charge on any atom is 0.303 e. The lowest BCUT2D eigenvalue weighted by Crippen LogP contribution is -2.43. The Morgan fingerprint density at radius 1 is 1.47 bits per heavy atom. The first kappa shape index (κ1) is 11.6. The van der Waals surface area contributed by atoms with Crippen molar-refractivity contribution >= 4 is 11.9 Å². The van der Waals surface area contributed by atoms with Crippen LogP contribution < -0.4 is 5.32 Å². The van der Waals surface area contributed by atoms with Crippen molar-refractivity contribution in [3.63, 3.8) is 0 Å². The van der Waals surface area contributed by atoms with Gasteiger partial charge in [-0.05, 0) is 31.1 Å². The molecule has 4 nitrogen and oxygen atoms in total. The molecule has 0 radical (unpaired) electrons. The van der Waals surface area contributed by atoms with Crippen LogP contribution in [0, 0.1) is 17.3 Å². The molecule has 15 heavy (non-hydrogen) atoms. The van der Waals surface area contributed by atoms with Crippen molar-refractivity contribution in [2.75, 3.05) is 6.54 Å². The fraction of sp³-hybridized carbons (Fsp3) is 0.636. The lowest BCUT2D eigenvalue weighted by atomic mass is 9.66. The van der Waals surface area contributed by atoms with Gasteiger partial charge in [-0.3, -0.25) is 9.59 Å². The van der Waals surface area contributed by atoms with E-state index >= 15 is 0 Å². The molecule has 0 atom stereocenters. The Hall–Kier alpha value is -1.50. The van der Waals surface area contributed by atoms with Crippen LogP contribution in [0.3, 0.4) is 0 Å². The highest BCUT2D eigenvalue weighted by Crippen LogP contribution is 2.43. The second-order valence-electron chi connectivity index (χ2n) is 3.98. The summed E-state index contributed by atoms with van der Waals surface area (Å²) < 4.78 is 0. The van der Waals surface area contributed by atoms with Gasteiger partial charge in [0.25, 0.3) is 5.91 Å². The van der Waals surface area contributed by atoms with Crippen LogP contribution in [0.25, 0.3) is 0 Å². The Morgan fingerprint density at radius 2 is 2.13 bits per heavy atom. The second kappa shape index (κ2) is 4.83. The molecule has 1 amide bonds. The lowest BCUT2D eigenvalue weighted by molar-refractivity contribution is -0.141. The van der Waals surface area contributed by atoms with E-state index in [4.69, 9.17) is 5.11 Å². The van der Waals surface area contributed by atoms with Gasteiger partial charge in [0.05, 0.1) is 6.42 Å². The molecule has 0 spiro atoms. The van der Waals surface area contributed by atoms with E-state index < -0.39 is 5.97 Å². The zero-order valence-corrected chi connectivity index (χ0v) is 8.80. The smallest absolute Gasteiger partial charge is 0.303 e. The average molecular weight is 209 g/mol. The van der Waals surface area contributed by atoms with Gasteiger partial charge in [-0.2, -0.15) is 0 Å². The molecule has 0 aromatic heterocycles. The predicted octanol–water partition coefficient (Wildman–Crippen LogP) is 0.771. The average Bonchev–Trinajstić information content (AvgIpc) is 2.09. The summed E-state index contributed by atoms with van der Waals surface area (Å²) >= 11 is 0. The van der Waals surface area contributed by atoms with Gasteiger partial charge in [0.1, 0.15) is 0 Å². The molecule has 1 saturated carbocycles. The molecule has 0 heterocycles. The molecule has 1 fully saturated rings. The van der Waals surface area contributed by atoms with Crippen molar-refractivity contribution in [2.45, 2.75) is 32.6 Å². The number of carboxylic acids is 1. The molecule has 82 valence electrons. The Kier molecular flexibility index (Phi) is 3.73. The summed E-state index contributed by atoms with van der Waals surface area (Å²) in [7, 11) is 0. The summed E-state index contributed by atoms with van der Waals surface area (Å²) in [6.07, 6.45) is 2.92. The van der Waals surface area contributed by atoms with Crippen molar-refractivity contribution in [1.29, 1.82) is 0 Å².